The molecule has 3 aliphatic heterocycles. The summed E-state index contributed by atoms with van der Waals surface area (Å²) in [4.78, 5) is 16.4. The molecule has 4 heteroatoms. The third-order valence-corrected chi connectivity index (χ3v) is 5.06. The summed E-state index contributed by atoms with van der Waals surface area (Å²) >= 11 is 0. The molecule has 21 heavy (non-hydrogen) atoms. The molecule has 4 rings (SSSR count). The zero-order chi connectivity index (χ0) is 13.7. The summed E-state index contributed by atoms with van der Waals surface area (Å²) in [6.45, 7) is 3.85. The summed E-state index contributed by atoms with van der Waals surface area (Å²) in [6.07, 6.45) is 2.29. The molecule has 3 aliphatic rings. The van der Waals surface area contributed by atoms with Gasteiger partial charge in [0, 0.05) is 25.2 Å². The Hall–Kier alpha value is -1.55. The molecule has 3 heterocycles. The smallest absolute Gasteiger partial charge is 0.410 e. The van der Waals surface area contributed by atoms with Crippen molar-refractivity contribution in [1.82, 2.24) is 9.80 Å². The SMILES string of the molecule is C.C[C@@H]1OC(=O)N2C[C@H]3CC[C@H](C12)N3Cc1ccccc1. The molecule has 4 nitrogen and oxygen atoms in total. The number of amides is 1. The number of benzene rings is 1. The molecular weight excluding hydrogens is 264 g/mol. The maximum atomic E-state index is 11.9. The molecule has 0 N–H and O–H groups in total. The zero-order valence-electron chi connectivity index (χ0n) is 11.7. The number of rotatable bonds is 2. The number of cyclic esters (lactones) is 1. The van der Waals surface area contributed by atoms with Crippen LogP contribution in [0.15, 0.2) is 30.3 Å². The molecule has 3 fully saturated rings. The largest absolute Gasteiger partial charge is 0.444 e. The van der Waals surface area contributed by atoms with E-state index in [1.807, 2.05) is 11.8 Å². The summed E-state index contributed by atoms with van der Waals surface area (Å²) in [6, 6.07) is 11.8. The average molecular weight is 288 g/mol. The molecule has 1 aromatic carbocycles. The highest BCUT2D eigenvalue weighted by Gasteiger charge is 2.54. The summed E-state index contributed by atoms with van der Waals surface area (Å²) < 4.78 is 5.42. The van der Waals surface area contributed by atoms with Crippen molar-refractivity contribution in [3.63, 3.8) is 0 Å². The topological polar surface area (TPSA) is 32.8 Å². The zero-order valence-corrected chi connectivity index (χ0v) is 11.7. The van der Waals surface area contributed by atoms with Crippen LogP contribution in [0, 0.1) is 0 Å². The molecule has 114 valence electrons. The van der Waals surface area contributed by atoms with Gasteiger partial charge < -0.3 is 4.74 Å². The summed E-state index contributed by atoms with van der Waals surface area (Å²) in [5.41, 5.74) is 1.36. The molecule has 1 unspecified atom stereocenters. The Bertz CT molecular complexity index is 519. The van der Waals surface area contributed by atoms with Crippen LogP contribution in [0.3, 0.4) is 0 Å². The minimum absolute atomic E-state index is 0. The van der Waals surface area contributed by atoms with Crippen molar-refractivity contribution in [1.29, 1.82) is 0 Å². The molecule has 4 atom stereocenters. The fraction of sp³-hybridized carbons (Fsp3) is 0.588. The Morgan fingerprint density at radius 1 is 1.24 bits per heavy atom. The lowest BCUT2D eigenvalue weighted by atomic mass is 9.99. The predicted molar refractivity (Wildman–Crippen MR) is 82.0 cm³/mol. The van der Waals surface area contributed by atoms with Gasteiger partial charge in [0.2, 0.25) is 0 Å². The van der Waals surface area contributed by atoms with Crippen molar-refractivity contribution < 1.29 is 9.53 Å². The van der Waals surface area contributed by atoms with Gasteiger partial charge in [-0.15, -0.1) is 0 Å². The molecule has 0 aromatic heterocycles. The van der Waals surface area contributed by atoms with Crippen molar-refractivity contribution in [2.75, 3.05) is 6.54 Å². The minimum Gasteiger partial charge on any atom is -0.444 e. The van der Waals surface area contributed by atoms with Gasteiger partial charge in [0.05, 0.1) is 6.04 Å². The van der Waals surface area contributed by atoms with Gasteiger partial charge in [-0.05, 0) is 25.3 Å². The molecule has 0 spiro atoms. The monoisotopic (exact) mass is 288 g/mol. The van der Waals surface area contributed by atoms with E-state index >= 15 is 0 Å². The first-order valence-electron chi connectivity index (χ1n) is 7.51. The van der Waals surface area contributed by atoms with Gasteiger partial charge in [-0.25, -0.2) is 4.79 Å². The maximum absolute atomic E-state index is 11.9. The number of ether oxygens (including phenoxy) is 1. The van der Waals surface area contributed by atoms with Gasteiger partial charge in [0.25, 0.3) is 0 Å². The molecular formula is C17H24N2O2. The van der Waals surface area contributed by atoms with Gasteiger partial charge in [0.1, 0.15) is 6.10 Å². The van der Waals surface area contributed by atoms with E-state index in [-0.39, 0.29) is 25.7 Å². The normalized spacial score (nSPS) is 34.3. The van der Waals surface area contributed by atoms with Gasteiger partial charge in [-0.1, -0.05) is 37.8 Å². The lowest BCUT2D eigenvalue weighted by Gasteiger charge is -2.43. The number of hydrogen-bond donors (Lipinski definition) is 0. The predicted octanol–water partition coefficient (Wildman–Crippen LogP) is 2.88. The van der Waals surface area contributed by atoms with E-state index in [0.717, 1.165) is 13.1 Å². The number of nitrogens with zero attached hydrogens (tertiary/aromatic N) is 2. The summed E-state index contributed by atoms with van der Waals surface area (Å²) in [5.74, 6) is 0. The van der Waals surface area contributed by atoms with Crippen molar-refractivity contribution in [2.45, 2.75) is 58.0 Å². The summed E-state index contributed by atoms with van der Waals surface area (Å²) in [7, 11) is 0. The third kappa shape index (κ3) is 2.22. The molecule has 1 amide bonds. The van der Waals surface area contributed by atoms with E-state index < -0.39 is 0 Å². The molecule has 2 bridgehead atoms. The quantitative estimate of drug-likeness (QED) is 0.839. The minimum atomic E-state index is -0.112. The third-order valence-electron chi connectivity index (χ3n) is 5.06. The van der Waals surface area contributed by atoms with Crippen LogP contribution >= 0.6 is 0 Å². The number of hydrogen-bond acceptors (Lipinski definition) is 3. The standard InChI is InChI=1S/C16H20N2O2.CH4/c1-11-15-14-8-7-13(10-18(15)16(19)20-11)17(14)9-12-5-3-2-4-6-12;/h2-6,11,13-15H,7-10H2,1H3;1H4/t11-,13+,14+,15?;/m0./s1. The van der Waals surface area contributed by atoms with Crippen molar-refractivity contribution >= 4 is 6.09 Å². The Balaban J connectivity index is 0.00000132. The highest BCUT2D eigenvalue weighted by molar-refractivity contribution is 5.71. The van der Waals surface area contributed by atoms with E-state index in [2.05, 4.69) is 35.2 Å². The van der Waals surface area contributed by atoms with E-state index in [4.69, 9.17) is 4.74 Å². The average Bonchev–Trinajstić information content (AvgIpc) is 2.87. The van der Waals surface area contributed by atoms with E-state index in [9.17, 15) is 4.79 Å². The van der Waals surface area contributed by atoms with Crippen molar-refractivity contribution in [3.05, 3.63) is 35.9 Å². The Morgan fingerprint density at radius 3 is 2.76 bits per heavy atom. The first kappa shape index (κ1) is 14.4. The van der Waals surface area contributed by atoms with Gasteiger partial charge >= 0.3 is 6.09 Å². The lowest BCUT2D eigenvalue weighted by molar-refractivity contribution is 0.0395. The Labute approximate surface area is 126 Å². The second-order valence-electron chi connectivity index (χ2n) is 6.19. The summed E-state index contributed by atoms with van der Waals surface area (Å²) in [5, 5.41) is 0. The van der Waals surface area contributed by atoms with Crippen LogP contribution in [0.2, 0.25) is 0 Å². The highest BCUT2D eigenvalue weighted by Crippen LogP contribution is 2.40. The second kappa shape index (κ2) is 5.34. The molecule has 1 aromatic rings. The number of piperazine rings is 1. The van der Waals surface area contributed by atoms with Gasteiger partial charge in [-0.2, -0.15) is 0 Å². The molecule has 0 radical (unpaired) electrons. The molecule has 0 aliphatic carbocycles. The number of carbonyl (C=O) groups excluding carboxylic acids is 1. The van der Waals surface area contributed by atoms with Crippen molar-refractivity contribution in [2.24, 2.45) is 0 Å². The lowest BCUT2D eigenvalue weighted by Crippen LogP contribution is -2.59. The molecule has 3 saturated heterocycles. The number of carbonyl (C=O) groups is 1. The first-order valence-corrected chi connectivity index (χ1v) is 7.51. The van der Waals surface area contributed by atoms with E-state index in [1.54, 1.807) is 0 Å². The fourth-order valence-electron chi connectivity index (χ4n) is 4.18. The molecule has 0 saturated carbocycles. The van der Waals surface area contributed by atoms with Crippen LogP contribution in [0.25, 0.3) is 0 Å². The Kier molecular flexibility index (Phi) is 3.66. The first-order chi connectivity index (χ1) is 9.74. The number of fused-ring (bicyclic) bond motifs is 4. The fourth-order valence-corrected chi connectivity index (χ4v) is 4.18. The van der Waals surface area contributed by atoms with Gasteiger partial charge in [-0.3, -0.25) is 9.80 Å². The van der Waals surface area contributed by atoms with Crippen LogP contribution in [0.5, 0.6) is 0 Å². The van der Waals surface area contributed by atoms with Crippen LogP contribution in [-0.4, -0.2) is 46.7 Å². The highest BCUT2D eigenvalue weighted by atomic mass is 16.6. The van der Waals surface area contributed by atoms with Crippen LogP contribution < -0.4 is 0 Å². The van der Waals surface area contributed by atoms with Crippen LogP contribution in [0.1, 0.15) is 32.8 Å². The van der Waals surface area contributed by atoms with Gasteiger partial charge in [0.15, 0.2) is 0 Å². The Morgan fingerprint density at radius 2 is 2.00 bits per heavy atom. The van der Waals surface area contributed by atoms with Crippen LogP contribution in [-0.2, 0) is 11.3 Å². The van der Waals surface area contributed by atoms with E-state index in [0.29, 0.717) is 12.1 Å². The second-order valence-corrected chi connectivity index (χ2v) is 6.19. The maximum Gasteiger partial charge on any atom is 0.410 e. The van der Waals surface area contributed by atoms with E-state index in [1.165, 1.54) is 18.4 Å². The van der Waals surface area contributed by atoms with Crippen LogP contribution in [0.4, 0.5) is 4.79 Å². The van der Waals surface area contributed by atoms with Crippen molar-refractivity contribution in [3.8, 4) is 0 Å².